The number of aromatic nitrogens is 2. The molecule has 2 N–H and O–H groups in total. The van der Waals surface area contributed by atoms with Gasteiger partial charge in [-0.15, -0.1) is 0 Å². The smallest absolute Gasteiger partial charge is 0.205 e. The van der Waals surface area contributed by atoms with E-state index >= 15 is 0 Å². The van der Waals surface area contributed by atoms with Crippen molar-refractivity contribution >= 4 is 44.5 Å². The van der Waals surface area contributed by atoms with Crippen molar-refractivity contribution in [3.8, 4) is 5.69 Å². The molecule has 0 radical (unpaired) electrons. The highest BCUT2D eigenvalue weighted by molar-refractivity contribution is 9.10. The average Bonchev–Trinajstić information content (AvgIpc) is 2.69. The van der Waals surface area contributed by atoms with Crippen LogP contribution < -0.4 is 5.73 Å². The molecule has 20 heavy (non-hydrogen) atoms. The number of hydrogen-bond donors (Lipinski definition) is 1. The van der Waals surface area contributed by atoms with Crippen LogP contribution in [0.2, 0.25) is 5.02 Å². The van der Waals surface area contributed by atoms with Gasteiger partial charge in [-0.25, -0.2) is 9.37 Å². The third kappa shape index (κ3) is 2.07. The lowest BCUT2D eigenvalue weighted by molar-refractivity contribution is 0.620. The van der Waals surface area contributed by atoms with Gasteiger partial charge in [-0.3, -0.25) is 4.57 Å². The van der Waals surface area contributed by atoms with Crippen LogP contribution in [0, 0.1) is 12.7 Å². The van der Waals surface area contributed by atoms with Gasteiger partial charge in [0.15, 0.2) is 0 Å². The number of anilines is 1. The van der Waals surface area contributed by atoms with Crippen LogP contribution in [0.25, 0.3) is 16.7 Å². The number of aryl methyl sites for hydroxylation is 1. The topological polar surface area (TPSA) is 43.8 Å². The molecule has 0 saturated carbocycles. The molecule has 1 heterocycles. The fourth-order valence-corrected chi connectivity index (χ4v) is 2.68. The Morgan fingerprint density at radius 2 is 2.05 bits per heavy atom. The summed E-state index contributed by atoms with van der Waals surface area (Å²) in [5, 5.41) is 0.543. The highest BCUT2D eigenvalue weighted by Gasteiger charge is 2.14. The van der Waals surface area contributed by atoms with E-state index in [1.165, 1.54) is 6.07 Å². The first-order valence-electron chi connectivity index (χ1n) is 5.87. The predicted octanol–water partition coefficient (Wildman–Crippen LogP) is 4.47. The lowest BCUT2D eigenvalue weighted by Gasteiger charge is -2.09. The minimum atomic E-state index is -0.303. The number of nitrogens with two attached hydrogens (primary N) is 1. The summed E-state index contributed by atoms with van der Waals surface area (Å²) in [5.74, 6) is -0.0347. The number of hydrogen-bond acceptors (Lipinski definition) is 2. The Hall–Kier alpha value is -1.59. The Labute approximate surface area is 128 Å². The summed E-state index contributed by atoms with van der Waals surface area (Å²) in [6.45, 7) is 1.70. The summed E-state index contributed by atoms with van der Waals surface area (Å²) in [6, 6.07) is 8.54. The highest BCUT2D eigenvalue weighted by Crippen LogP contribution is 2.31. The number of fused-ring (bicyclic) bond motifs is 1. The Morgan fingerprint density at radius 1 is 1.30 bits per heavy atom. The van der Waals surface area contributed by atoms with Gasteiger partial charge < -0.3 is 5.73 Å². The van der Waals surface area contributed by atoms with Crippen molar-refractivity contribution in [3.05, 3.63) is 51.2 Å². The fraction of sp³-hybridized carbons (Fsp3) is 0.0714. The standard InChI is InChI=1S/C14H10BrClFN3/c1-7-4-13-11(6-10(7)17)19-14(18)20(13)12-5-8(15)2-3-9(12)16/h2-6H,1H3,(H2,18,19). The second-order valence-electron chi connectivity index (χ2n) is 4.49. The van der Waals surface area contributed by atoms with Crippen molar-refractivity contribution in [2.24, 2.45) is 0 Å². The predicted molar refractivity (Wildman–Crippen MR) is 82.9 cm³/mol. The molecule has 3 nitrogen and oxygen atoms in total. The quantitative estimate of drug-likeness (QED) is 0.700. The van der Waals surface area contributed by atoms with Crippen molar-refractivity contribution in [1.29, 1.82) is 0 Å². The summed E-state index contributed by atoms with van der Waals surface area (Å²) >= 11 is 9.64. The maximum absolute atomic E-state index is 13.6. The van der Waals surface area contributed by atoms with Crippen LogP contribution in [0.5, 0.6) is 0 Å². The molecule has 0 saturated heterocycles. The van der Waals surface area contributed by atoms with Gasteiger partial charge in [0.1, 0.15) is 5.82 Å². The van der Waals surface area contributed by atoms with Gasteiger partial charge in [-0.1, -0.05) is 27.5 Å². The molecule has 0 unspecified atom stereocenters. The number of nitrogens with zero attached hydrogens (tertiary/aromatic N) is 2. The summed E-state index contributed by atoms with van der Waals surface area (Å²) < 4.78 is 16.2. The molecule has 1 aromatic heterocycles. The zero-order valence-electron chi connectivity index (χ0n) is 10.5. The molecule has 0 aliphatic carbocycles. The van der Waals surface area contributed by atoms with Gasteiger partial charge in [0.25, 0.3) is 0 Å². The summed E-state index contributed by atoms with van der Waals surface area (Å²) in [6.07, 6.45) is 0. The van der Waals surface area contributed by atoms with Gasteiger partial charge in [0, 0.05) is 10.5 Å². The van der Waals surface area contributed by atoms with Crippen molar-refractivity contribution < 1.29 is 4.39 Å². The van der Waals surface area contributed by atoms with Crippen molar-refractivity contribution in [1.82, 2.24) is 9.55 Å². The van der Waals surface area contributed by atoms with Gasteiger partial charge in [-0.2, -0.15) is 0 Å². The van der Waals surface area contributed by atoms with Crippen LogP contribution in [0.1, 0.15) is 5.56 Å². The van der Waals surface area contributed by atoms with E-state index in [0.29, 0.717) is 21.8 Å². The van der Waals surface area contributed by atoms with Crippen LogP contribution in [-0.4, -0.2) is 9.55 Å². The molecule has 6 heteroatoms. The van der Waals surface area contributed by atoms with Crippen molar-refractivity contribution in [2.45, 2.75) is 6.92 Å². The van der Waals surface area contributed by atoms with E-state index < -0.39 is 0 Å². The summed E-state index contributed by atoms with van der Waals surface area (Å²) in [7, 11) is 0. The summed E-state index contributed by atoms with van der Waals surface area (Å²) in [5.41, 5.74) is 8.42. The van der Waals surface area contributed by atoms with Crippen LogP contribution in [-0.2, 0) is 0 Å². The van der Waals surface area contributed by atoms with E-state index in [4.69, 9.17) is 17.3 Å². The third-order valence-corrected chi connectivity index (χ3v) is 3.92. The SMILES string of the molecule is Cc1cc2c(cc1F)nc(N)n2-c1cc(Br)ccc1Cl. The van der Waals surface area contributed by atoms with Crippen LogP contribution in [0.4, 0.5) is 10.3 Å². The maximum Gasteiger partial charge on any atom is 0.205 e. The first-order valence-corrected chi connectivity index (χ1v) is 7.04. The lowest BCUT2D eigenvalue weighted by Crippen LogP contribution is -2.01. The molecule has 0 amide bonds. The number of halogens is 3. The van der Waals surface area contributed by atoms with E-state index in [1.54, 1.807) is 23.6 Å². The molecule has 3 aromatic rings. The zero-order chi connectivity index (χ0) is 14.4. The van der Waals surface area contributed by atoms with Gasteiger partial charge >= 0.3 is 0 Å². The van der Waals surface area contributed by atoms with E-state index in [9.17, 15) is 4.39 Å². The van der Waals surface area contributed by atoms with E-state index in [0.717, 1.165) is 9.99 Å². The van der Waals surface area contributed by atoms with Crippen molar-refractivity contribution in [3.63, 3.8) is 0 Å². The van der Waals surface area contributed by atoms with Gasteiger partial charge in [0.05, 0.1) is 21.7 Å². The fourth-order valence-electron chi connectivity index (χ4n) is 2.13. The van der Waals surface area contributed by atoms with E-state index in [1.807, 2.05) is 12.1 Å². The molecular weight excluding hydrogens is 345 g/mol. The van der Waals surface area contributed by atoms with Crippen LogP contribution >= 0.6 is 27.5 Å². The average molecular weight is 355 g/mol. The normalized spacial score (nSPS) is 11.2. The minimum absolute atomic E-state index is 0.269. The number of rotatable bonds is 1. The summed E-state index contributed by atoms with van der Waals surface area (Å²) in [4.78, 5) is 4.19. The molecule has 0 fully saturated rings. The molecular formula is C14H10BrClFN3. The molecule has 3 rings (SSSR count). The number of nitrogen functional groups attached to an aromatic ring is 1. The second-order valence-corrected chi connectivity index (χ2v) is 5.81. The van der Waals surface area contributed by atoms with Gasteiger partial charge in [0.2, 0.25) is 5.95 Å². The molecule has 0 aliphatic heterocycles. The molecule has 102 valence electrons. The number of benzene rings is 2. The largest absolute Gasteiger partial charge is 0.369 e. The molecule has 2 aromatic carbocycles. The Kier molecular flexibility index (Phi) is 3.18. The Bertz CT molecular complexity index is 829. The minimum Gasteiger partial charge on any atom is -0.369 e. The molecule has 0 aliphatic rings. The van der Waals surface area contributed by atoms with Crippen LogP contribution in [0.3, 0.4) is 0 Å². The first-order chi connectivity index (χ1) is 9.47. The van der Waals surface area contributed by atoms with Gasteiger partial charge in [-0.05, 0) is 36.8 Å². The van der Waals surface area contributed by atoms with E-state index in [-0.39, 0.29) is 11.8 Å². The zero-order valence-corrected chi connectivity index (χ0v) is 12.8. The van der Waals surface area contributed by atoms with Crippen LogP contribution in [0.15, 0.2) is 34.8 Å². The Balaban J connectivity index is 2.38. The van der Waals surface area contributed by atoms with E-state index in [2.05, 4.69) is 20.9 Å². The third-order valence-electron chi connectivity index (χ3n) is 3.11. The first kappa shape index (κ1) is 13.4. The molecule has 0 bridgehead atoms. The number of imidazole rings is 1. The maximum atomic E-state index is 13.6. The lowest BCUT2D eigenvalue weighted by atomic mass is 10.2. The highest BCUT2D eigenvalue weighted by atomic mass is 79.9. The monoisotopic (exact) mass is 353 g/mol. The Morgan fingerprint density at radius 3 is 2.80 bits per heavy atom. The molecule has 0 spiro atoms. The van der Waals surface area contributed by atoms with Crippen molar-refractivity contribution in [2.75, 3.05) is 5.73 Å². The second kappa shape index (κ2) is 4.75. The molecule has 0 atom stereocenters.